The number of nitrogens with two attached hydrogens (primary N) is 1. The van der Waals surface area contributed by atoms with E-state index in [1.165, 1.54) is 22.7 Å². The molecule has 3 aromatic carbocycles. The highest BCUT2D eigenvalue weighted by Crippen LogP contribution is 2.26. The molecule has 1 aromatic heterocycles. The standard InChI is InChI=1S/C29H28N4O5/c1-37-23-15-13-22(24(17-23)38-2)14-16-25(34)32(18-20-9-5-3-6-10-20)26-27(30)33(29(36)31-28(26)35)19-21-11-7-4-8-12-21/h3-17H,18-19,30H2,1-2H3,(H,31,35,36)/b16-14+. The van der Waals surface area contributed by atoms with Crippen LogP contribution >= 0.6 is 0 Å². The molecule has 4 aromatic rings. The summed E-state index contributed by atoms with van der Waals surface area (Å²) in [5.74, 6) is 0.504. The summed E-state index contributed by atoms with van der Waals surface area (Å²) in [4.78, 5) is 42.9. The first-order valence-electron chi connectivity index (χ1n) is 11.8. The smallest absolute Gasteiger partial charge is 0.330 e. The van der Waals surface area contributed by atoms with Crippen LogP contribution in [0.15, 0.2) is 94.5 Å². The summed E-state index contributed by atoms with van der Waals surface area (Å²) in [6, 6.07) is 23.6. The van der Waals surface area contributed by atoms with Gasteiger partial charge >= 0.3 is 5.69 Å². The van der Waals surface area contributed by atoms with Gasteiger partial charge in [-0.05, 0) is 29.3 Å². The molecule has 0 aliphatic heterocycles. The van der Waals surface area contributed by atoms with E-state index in [0.717, 1.165) is 11.1 Å². The zero-order chi connectivity index (χ0) is 27.1. The minimum Gasteiger partial charge on any atom is -0.497 e. The van der Waals surface area contributed by atoms with Gasteiger partial charge in [0.25, 0.3) is 11.5 Å². The van der Waals surface area contributed by atoms with Gasteiger partial charge in [-0.3, -0.25) is 24.0 Å². The number of amides is 1. The molecule has 0 radical (unpaired) electrons. The number of nitrogens with one attached hydrogen (secondary N) is 1. The quantitative estimate of drug-likeness (QED) is 0.332. The number of ether oxygens (including phenoxy) is 2. The zero-order valence-electron chi connectivity index (χ0n) is 21.1. The normalized spacial score (nSPS) is 10.9. The molecule has 0 atom stereocenters. The monoisotopic (exact) mass is 512 g/mol. The predicted octanol–water partition coefficient (Wildman–Crippen LogP) is 3.43. The van der Waals surface area contributed by atoms with E-state index in [2.05, 4.69) is 4.98 Å². The molecule has 9 nitrogen and oxygen atoms in total. The summed E-state index contributed by atoms with van der Waals surface area (Å²) < 4.78 is 11.9. The van der Waals surface area contributed by atoms with Gasteiger partial charge in [-0.1, -0.05) is 60.7 Å². The van der Waals surface area contributed by atoms with E-state index in [0.29, 0.717) is 17.1 Å². The number of nitrogen functional groups attached to an aromatic ring is 1. The van der Waals surface area contributed by atoms with E-state index >= 15 is 0 Å². The molecule has 3 N–H and O–H groups in total. The number of carbonyl (C=O) groups is 1. The third kappa shape index (κ3) is 5.84. The molecule has 9 heteroatoms. The van der Waals surface area contributed by atoms with Gasteiger partial charge in [0.05, 0.1) is 27.3 Å². The highest BCUT2D eigenvalue weighted by molar-refractivity contribution is 6.05. The Bertz CT molecular complexity index is 1560. The van der Waals surface area contributed by atoms with Crippen molar-refractivity contribution in [3.05, 3.63) is 122 Å². The minimum absolute atomic E-state index is 0.0561. The van der Waals surface area contributed by atoms with Crippen molar-refractivity contribution in [3.63, 3.8) is 0 Å². The van der Waals surface area contributed by atoms with Crippen molar-refractivity contribution in [2.45, 2.75) is 13.1 Å². The Labute approximate surface area is 219 Å². The van der Waals surface area contributed by atoms with E-state index in [9.17, 15) is 14.4 Å². The van der Waals surface area contributed by atoms with Crippen LogP contribution in [0.1, 0.15) is 16.7 Å². The van der Waals surface area contributed by atoms with Gasteiger partial charge in [-0.15, -0.1) is 0 Å². The van der Waals surface area contributed by atoms with Crippen LogP contribution in [-0.4, -0.2) is 29.7 Å². The van der Waals surface area contributed by atoms with E-state index in [4.69, 9.17) is 15.2 Å². The summed E-state index contributed by atoms with van der Waals surface area (Å²) in [5, 5.41) is 0. The minimum atomic E-state index is -0.753. The third-order valence-electron chi connectivity index (χ3n) is 5.96. The van der Waals surface area contributed by atoms with Crippen molar-refractivity contribution < 1.29 is 14.3 Å². The fraction of sp³-hybridized carbons (Fsp3) is 0.138. The highest BCUT2D eigenvalue weighted by atomic mass is 16.5. The second-order valence-corrected chi connectivity index (χ2v) is 8.42. The van der Waals surface area contributed by atoms with Gasteiger partial charge in [-0.2, -0.15) is 0 Å². The van der Waals surface area contributed by atoms with Gasteiger partial charge < -0.3 is 15.2 Å². The van der Waals surface area contributed by atoms with Gasteiger partial charge in [-0.25, -0.2) is 4.79 Å². The van der Waals surface area contributed by atoms with E-state index in [-0.39, 0.29) is 24.6 Å². The number of rotatable bonds is 9. The summed E-state index contributed by atoms with van der Waals surface area (Å²) in [5.41, 5.74) is 7.10. The Morgan fingerprint density at radius 1 is 0.947 bits per heavy atom. The van der Waals surface area contributed by atoms with E-state index in [1.807, 2.05) is 60.7 Å². The average Bonchev–Trinajstić information content (AvgIpc) is 2.94. The lowest BCUT2D eigenvalue weighted by atomic mass is 10.1. The molecule has 0 bridgehead atoms. The molecule has 0 saturated carbocycles. The van der Waals surface area contributed by atoms with Crippen LogP contribution in [0.4, 0.5) is 11.5 Å². The van der Waals surface area contributed by atoms with Crippen molar-refractivity contribution in [3.8, 4) is 11.5 Å². The first kappa shape index (κ1) is 26.0. The average molecular weight is 513 g/mol. The van der Waals surface area contributed by atoms with Crippen LogP contribution in [-0.2, 0) is 17.9 Å². The van der Waals surface area contributed by atoms with Crippen LogP contribution in [0, 0.1) is 0 Å². The summed E-state index contributed by atoms with van der Waals surface area (Å²) in [6.45, 7) is 0.183. The topological polar surface area (TPSA) is 120 Å². The maximum Gasteiger partial charge on any atom is 0.330 e. The number of anilines is 2. The molecule has 194 valence electrons. The number of hydrogen-bond acceptors (Lipinski definition) is 6. The maximum atomic E-state index is 13.6. The number of aromatic nitrogens is 2. The number of methoxy groups -OCH3 is 2. The van der Waals surface area contributed by atoms with Crippen LogP contribution in [0.2, 0.25) is 0 Å². The Morgan fingerprint density at radius 2 is 1.61 bits per heavy atom. The van der Waals surface area contributed by atoms with Crippen LogP contribution in [0.3, 0.4) is 0 Å². The Morgan fingerprint density at radius 3 is 2.24 bits per heavy atom. The van der Waals surface area contributed by atoms with Crippen LogP contribution in [0.5, 0.6) is 11.5 Å². The van der Waals surface area contributed by atoms with E-state index in [1.54, 1.807) is 31.4 Å². The third-order valence-corrected chi connectivity index (χ3v) is 5.96. The van der Waals surface area contributed by atoms with Crippen LogP contribution in [0.25, 0.3) is 6.08 Å². The number of H-pyrrole nitrogens is 1. The molecule has 0 spiro atoms. The van der Waals surface area contributed by atoms with Crippen molar-refractivity contribution in [2.24, 2.45) is 0 Å². The second kappa shape index (κ2) is 11.8. The maximum absolute atomic E-state index is 13.6. The Hall–Kier alpha value is -5.05. The predicted molar refractivity (Wildman–Crippen MR) is 147 cm³/mol. The summed E-state index contributed by atoms with van der Waals surface area (Å²) >= 11 is 0. The lowest BCUT2D eigenvalue weighted by molar-refractivity contribution is -0.114. The molecular weight excluding hydrogens is 484 g/mol. The van der Waals surface area contributed by atoms with Crippen molar-refractivity contribution >= 4 is 23.5 Å². The largest absolute Gasteiger partial charge is 0.497 e. The molecule has 38 heavy (non-hydrogen) atoms. The molecule has 1 amide bonds. The molecular formula is C29H28N4O5. The number of nitrogens with zero attached hydrogens (tertiary/aromatic N) is 2. The first-order valence-corrected chi connectivity index (χ1v) is 11.8. The molecule has 0 aliphatic carbocycles. The van der Waals surface area contributed by atoms with Crippen molar-refractivity contribution in [1.82, 2.24) is 9.55 Å². The molecule has 0 aliphatic rings. The number of benzene rings is 3. The van der Waals surface area contributed by atoms with Crippen molar-refractivity contribution in [1.29, 1.82) is 0 Å². The lowest BCUT2D eigenvalue weighted by Crippen LogP contribution is -2.40. The fourth-order valence-electron chi connectivity index (χ4n) is 4.00. The Balaban J connectivity index is 1.77. The number of carbonyl (C=O) groups excluding carboxylic acids is 1. The molecule has 4 rings (SSSR count). The SMILES string of the molecule is COc1ccc(/C=C/C(=O)N(Cc2ccccc2)c2c(N)n(Cc3ccccc3)c(=O)[nH]c2=O)c(OC)c1. The van der Waals surface area contributed by atoms with Gasteiger partial charge in [0.15, 0.2) is 5.69 Å². The van der Waals surface area contributed by atoms with Crippen LogP contribution < -0.4 is 31.4 Å². The first-order chi connectivity index (χ1) is 18.4. The molecule has 0 saturated heterocycles. The Kier molecular flexibility index (Phi) is 8.07. The zero-order valence-corrected chi connectivity index (χ0v) is 21.1. The highest BCUT2D eigenvalue weighted by Gasteiger charge is 2.23. The van der Waals surface area contributed by atoms with Crippen molar-refractivity contribution in [2.75, 3.05) is 24.9 Å². The molecule has 0 fully saturated rings. The lowest BCUT2D eigenvalue weighted by Gasteiger charge is -2.23. The number of hydrogen-bond donors (Lipinski definition) is 2. The second-order valence-electron chi connectivity index (χ2n) is 8.42. The summed E-state index contributed by atoms with van der Waals surface area (Å²) in [7, 11) is 3.07. The summed E-state index contributed by atoms with van der Waals surface area (Å²) in [6.07, 6.45) is 2.92. The van der Waals surface area contributed by atoms with Gasteiger partial charge in [0, 0.05) is 17.7 Å². The fourth-order valence-corrected chi connectivity index (χ4v) is 4.00. The van der Waals surface area contributed by atoms with Gasteiger partial charge in [0.2, 0.25) is 0 Å². The molecule has 1 heterocycles. The number of aromatic amines is 1. The molecule has 0 unspecified atom stereocenters. The van der Waals surface area contributed by atoms with E-state index < -0.39 is 17.2 Å². The van der Waals surface area contributed by atoms with Gasteiger partial charge in [0.1, 0.15) is 17.3 Å².